The second-order valence-corrected chi connectivity index (χ2v) is 13.9. The van der Waals surface area contributed by atoms with Gasteiger partial charge in [0.1, 0.15) is 5.75 Å². The molecule has 2 aliphatic carbocycles. The Balaban J connectivity index is 1.49. The molecule has 4 rings (SSSR count). The predicted molar refractivity (Wildman–Crippen MR) is 179 cm³/mol. The third-order valence-corrected chi connectivity index (χ3v) is 12.0. The Morgan fingerprint density at radius 3 is 1.76 bits per heavy atom. The standard InChI is InChI=1S/C40H62O/c1-8-30-26-36(35-20-18-34(19-21-35)33-16-14-29(7)15-17-33)22-23-37(30)38-27-32(10-3)39(28-31(38)9-2)41-25-24-40(11-4,12-5)13-6/h22-23,26-29,33-35H,8-21,24-25H2,1-7H3. The minimum absolute atomic E-state index is 0.422. The molecule has 0 saturated heterocycles. The molecule has 0 atom stereocenters. The van der Waals surface area contributed by atoms with Crippen LogP contribution in [0, 0.1) is 23.2 Å². The predicted octanol–water partition coefficient (Wildman–Crippen LogP) is 12.1. The smallest absolute Gasteiger partial charge is 0.122 e. The number of aryl methyl sites for hydroxylation is 3. The van der Waals surface area contributed by atoms with E-state index in [2.05, 4.69) is 78.8 Å². The van der Waals surface area contributed by atoms with Crippen LogP contribution in [-0.2, 0) is 19.3 Å². The van der Waals surface area contributed by atoms with Gasteiger partial charge in [-0.2, -0.15) is 0 Å². The Morgan fingerprint density at radius 1 is 0.634 bits per heavy atom. The molecule has 0 spiro atoms. The summed E-state index contributed by atoms with van der Waals surface area (Å²) in [6.07, 6.45) is 19.6. The molecule has 0 bridgehead atoms. The van der Waals surface area contributed by atoms with Crippen LogP contribution in [-0.4, -0.2) is 6.61 Å². The van der Waals surface area contributed by atoms with Crippen LogP contribution in [0.2, 0.25) is 0 Å². The quantitative estimate of drug-likeness (QED) is 0.237. The summed E-state index contributed by atoms with van der Waals surface area (Å²) in [7, 11) is 0. The summed E-state index contributed by atoms with van der Waals surface area (Å²) in [6, 6.07) is 12.4. The molecular formula is C40H62O. The van der Waals surface area contributed by atoms with E-state index in [1.807, 2.05) is 0 Å². The van der Waals surface area contributed by atoms with E-state index in [0.29, 0.717) is 5.41 Å². The average molecular weight is 559 g/mol. The van der Waals surface area contributed by atoms with Gasteiger partial charge < -0.3 is 4.74 Å². The van der Waals surface area contributed by atoms with Crippen LogP contribution >= 0.6 is 0 Å². The van der Waals surface area contributed by atoms with Crippen LogP contribution in [0.4, 0.5) is 0 Å². The normalized spacial score (nSPS) is 23.5. The van der Waals surface area contributed by atoms with Gasteiger partial charge in [0.2, 0.25) is 0 Å². The summed E-state index contributed by atoms with van der Waals surface area (Å²) in [5, 5.41) is 0. The maximum atomic E-state index is 6.54. The molecule has 0 aliphatic heterocycles. The minimum Gasteiger partial charge on any atom is -0.493 e. The molecule has 41 heavy (non-hydrogen) atoms. The molecule has 2 aliphatic rings. The van der Waals surface area contributed by atoms with Gasteiger partial charge >= 0.3 is 0 Å². The third kappa shape index (κ3) is 7.61. The van der Waals surface area contributed by atoms with Crippen LogP contribution in [0.15, 0.2) is 30.3 Å². The molecule has 0 amide bonds. The molecule has 2 aromatic carbocycles. The first-order valence-electron chi connectivity index (χ1n) is 17.8. The van der Waals surface area contributed by atoms with Gasteiger partial charge in [0.15, 0.2) is 0 Å². The molecule has 1 heteroatoms. The molecule has 0 N–H and O–H groups in total. The lowest BCUT2D eigenvalue weighted by Gasteiger charge is -2.37. The molecule has 2 saturated carbocycles. The summed E-state index contributed by atoms with van der Waals surface area (Å²) >= 11 is 0. The average Bonchev–Trinajstić information content (AvgIpc) is 3.03. The van der Waals surface area contributed by atoms with E-state index in [0.717, 1.165) is 61.7 Å². The molecule has 0 aromatic heterocycles. The molecule has 1 nitrogen and oxygen atoms in total. The highest BCUT2D eigenvalue weighted by Gasteiger charge is 2.31. The van der Waals surface area contributed by atoms with Gasteiger partial charge in [-0.05, 0) is 139 Å². The van der Waals surface area contributed by atoms with Gasteiger partial charge in [0.05, 0.1) is 6.61 Å². The van der Waals surface area contributed by atoms with Crippen molar-refractivity contribution in [1.29, 1.82) is 0 Å². The van der Waals surface area contributed by atoms with E-state index in [4.69, 9.17) is 4.74 Å². The van der Waals surface area contributed by atoms with E-state index in [9.17, 15) is 0 Å². The Bertz CT molecular complexity index is 1070. The summed E-state index contributed by atoms with van der Waals surface area (Å²) in [4.78, 5) is 0. The van der Waals surface area contributed by atoms with Crippen molar-refractivity contribution in [2.24, 2.45) is 23.2 Å². The van der Waals surface area contributed by atoms with Crippen molar-refractivity contribution in [1.82, 2.24) is 0 Å². The third-order valence-electron chi connectivity index (χ3n) is 12.0. The zero-order chi connectivity index (χ0) is 29.4. The Labute approximate surface area is 254 Å². The lowest BCUT2D eigenvalue weighted by atomic mass is 9.68. The fourth-order valence-corrected chi connectivity index (χ4v) is 8.38. The highest BCUT2D eigenvalue weighted by atomic mass is 16.5. The second-order valence-electron chi connectivity index (χ2n) is 13.9. The fraction of sp³-hybridized carbons (Fsp3) is 0.700. The van der Waals surface area contributed by atoms with Crippen LogP contribution in [0.1, 0.15) is 154 Å². The molecular weight excluding hydrogens is 496 g/mol. The summed E-state index contributed by atoms with van der Waals surface area (Å²) in [6.45, 7) is 17.2. The van der Waals surface area contributed by atoms with Crippen molar-refractivity contribution >= 4 is 0 Å². The van der Waals surface area contributed by atoms with Crippen molar-refractivity contribution in [2.45, 2.75) is 151 Å². The Kier molecular flexibility index (Phi) is 11.9. The summed E-state index contributed by atoms with van der Waals surface area (Å²) < 4.78 is 6.54. The first kappa shape index (κ1) is 32.2. The molecule has 0 radical (unpaired) electrons. The minimum atomic E-state index is 0.422. The summed E-state index contributed by atoms with van der Waals surface area (Å²) in [5.41, 5.74) is 9.20. The highest BCUT2D eigenvalue weighted by molar-refractivity contribution is 5.73. The van der Waals surface area contributed by atoms with E-state index in [-0.39, 0.29) is 0 Å². The van der Waals surface area contributed by atoms with Gasteiger partial charge in [0, 0.05) is 0 Å². The number of hydrogen-bond donors (Lipinski definition) is 0. The number of benzene rings is 2. The second kappa shape index (κ2) is 15.1. The maximum Gasteiger partial charge on any atom is 0.122 e. The molecule has 228 valence electrons. The highest BCUT2D eigenvalue weighted by Crippen LogP contribution is 2.45. The Hall–Kier alpha value is -1.76. The van der Waals surface area contributed by atoms with E-state index >= 15 is 0 Å². The molecule has 2 aromatic rings. The summed E-state index contributed by atoms with van der Waals surface area (Å²) in [5.74, 6) is 4.84. The SMILES string of the molecule is CCc1cc(-c2ccc(C3CCC(C4CCC(C)CC4)CC3)cc2CC)c(CC)cc1OCCC(CC)(CC)CC. The van der Waals surface area contributed by atoms with Crippen LogP contribution in [0.3, 0.4) is 0 Å². The number of ether oxygens (including phenoxy) is 1. The van der Waals surface area contributed by atoms with Crippen molar-refractivity contribution in [2.75, 3.05) is 6.61 Å². The lowest BCUT2D eigenvalue weighted by Crippen LogP contribution is -2.24. The van der Waals surface area contributed by atoms with E-state index in [1.165, 1.54) is 98.4 Å². The van der Waals surface area contributed by atoms with Gasteiger partial charge in [-0.1, -0.05) is 98.8 Å². The number of rotatable bonds is 13. The monoisotopic (exact) mass is 558 g/mol. The van der Waals surface area contributed by atoms with E-state index < -0.39 is 0 Å². The van der Waals surface area contributed by atoms with Gasteiger partial charge in [-0.15, -0.1) is 0 Å². The topological polar surface area (TPSA) is 9.23 Å². The molecule has 0 heterocycles. The van der Waals surface area contributed by atoms with Crippen molar-refractivity contribution in [3.05, 3.63) is 52.6 Å². The van der Waals surface area contributed by atoms with E-state index in [1.54, 1.807) is 5.56 Å². The first-order chi connectivity index (χ1) is 19.9. The lowest BCUT2D eigenvalue weighted by molar-refractivity contribution is 0.165. The zero-order valence-corrected chi connectivity index (χ0v) is 27.9. The first-order valence-corrected chi connectivity index (χ1v) is 17.8. The molecule has 2 fully saturated rings. The van der Waals surface area contributed by atoms with Gasteiger partial charge in [-0.3, -0.25) is 0 Å². The van der Waals surface area contributed by atoms with Crippen molar-refractivity contribution in [3.63, 3.8) is 0 Å². The van der Waals surface area contributed by atoms with Crippen LogP contribution in [0.25, 0.3) is 11.1 Å². The fourth-order valence-electron chi connectivity index (χ4n) is 8.38. The van der Waals surface area contributed by atoms with Crippen molar-refractivity contribution in [3.8, 4) is 16.9 Å². The largest absolute Gasteiger partial charge is 0.493 e. The van der Waals surface area contributed by atoms with Crippen LogP contribution < -0.4 is 4.74 Å². The van der Waals surface area contributed by atoms with Crippen molar-refractivity contribution < 1.29 is 4.74 Å². The molecule has 0 unspecified atom stereocenters. The number of hydrogen-bond acceptors (Lipinski definition) is 1. The Morgan fingerprint density at radius 2 is 1.20 bits per heavy atom. The van der Waals surface area contributed by atoms with Gasteiger partial charge in [0.25, 0.3) is 0 Å². The maximum absolute atomic E-state index is 6.54. The zero-order valence-electron chi connectivity index (χ0n) is 27.9. The van der Waals surface area contributed by atoms with Gasteiger partial charge in [-0.25, -0.2) is 0 Å². The van der Waals surface area contributed by atoms with Crippen LogP contribution in [0.5, 0.6) is 5.75 Å².